The number of carboxylic acids is 1. The van der Waals surface area contributed by atoms with Gasteiger partial charge < -0.3 is 14.0 Å². The van der Waals surface area contributed by atoms with E-state index in [9.17, 15) is 13.2 Å². The van der Waals surface area contributed by atoms with Crippen LogP contribution in [0.5, 0.6) is 0 Å². The number of hydrogen-bond acceptors (Lipinski definition) is 7. The van der Waals surface area contributed by atoms with Crippen molar-refractivity contribution in [2.24, 2.45) is 0 Å². The van der Waals surface area contributed by atoms with Crippen molar-refractivity contribution in [2.45, 2.75) is 25.2 Å². The lowest BCUT2D eigenvalue weighted by Gasteiger charge is -2.05. The molecule has 0 aliphatic carbocycles. The van der Waals surface area contributed by atoms with E-state index in [1.807, 2.05) is 0 Å². The van der Waals surface area contributed by atoms with Gasteiger partial charge in [0.2, 0.25) is 15.9 Å². The standard InChI is InChI=1S/C11H13N3O6S/c1-6-9(11(15)16)10(7(2)19-6)21(17,18)14-4-3-8-12-5-13-20-8/h5,14H,3-4H2,1-2H3,(H,15,16). The lowest BCUT2D eigenvalue weighted by molar-refractivity contribution is 0.0691. The zero-order valence-corrected chi connectivity index (χ0v) is 12.1. The number of aromatic carboxylic acids is 1. The monoisotopic (exact) mass is 315 g/mol. The Balaban J connectivity index is 2.21. The number of rotatable bonds is 6. The largest absolute Gasteiger partial charge is 0.478 e. The molecule has 2 N–H and O–H groups in total. The van der Waals surface area contributed by atoms with Crippen molar-refractivity contribution < 1.29 is 27.3 Å². The third-order valence-electron chi connectivity index (χ3n) is 2.73. The number of aromatic nitrogens is 2. The third kappa shape index (κ3) is 3.11. The summed E-state index contributed by atoms with van der Waals surface area (Å²) >= 11 is 0. The third-order valence-corrected chi connectivity index (χ3v) is 4.34. The van der Waals surface area contributed by atoms with Gasteiger partial charge in [0.25, 0.3) is 0 Å². The second-order valence-electron chi connectivity index (χ2n) is 4.21. The molecule has 10 heteroatoms. The van der Waals surface area contributed by atoms with E-state index in [-0.39, 0.29) is 40.8 Å². The van der Waals surface area contributed by atoms with Gasteiger partial charge in [0.15, 0.2) is 6.33 Å². The molecule has 0 aliphatic heterocycles. The molecule has 0 aromatic carbocycles. The summed E-state index contributed by atoms with van der Waals surface area (Å²) in [6, 6.07) is 0. The molecule has 0 bridgehead atoms. The van der Waals surface area contributed by atoms with Crippen LogP contribution in [0.1, 0.15) is 27.8 Å². The van der Waals surface area contributed by atoms with Crippen LogP contribution < -0.4 is 4.72 Å². The zero-order chi connectivity index (χ0) is 15.6. The van der Waals surface area contributed by atoms with Crippen molar-refractivity contribution in [3.63, 3.8) is 0 Å². The molecule has 21 heavy (non-hydrogen) atoms. The molecule has 0 fully saturated rings. The first kappa shape index (κ1) is 15.2. The number of hydrogen-bond donors (Lipinski definition) is 2. The van der Waals surface area contributed by atoms with Gasteiger partial charge in [-0.3, -0.25) is 0 Å². The van der Waals surface area contributed by atoms with E-state index >= 15 is 0 Å². The van der Waals surface area contributed by atoms with Crippen molar-refractivity contribution in [3.05, 3.63) is 29.3 Å². The highest BCUT2D eigenvalue weighted by atomic mass is 32.2. The Bertz CT molecular complexity index is 747. The number of nitrogens with zero attached hydrogens (tertiary/aromatic N) is 2. The molecule has 2 heterocycles. The van der Waals surface area contributed by atoms with E-state index in [0.29, 0.717) is 0 Å². The van der Waals surface area contributed by atoms with Gasteiger partial charge in [0, 0.05) is 13.0 Å². The van der Waals surface area contributed by atoms with Crippen molar-refractivity contribution in [3.8, 4) is 0 Å². The highest BCUT2D eigenvalue weighted by Gasteiger charge is 2.30. The van der Waals surface area contributed by atoms with Crippen molar-refractivity contribution in [2.75, 3.05) is 6.54 Å². The molecule has 0 saturated carbocycles. The molecule has 0 atom stereocenters. The van der Waals surface area contributed by atoms with Gasteiger partial charge in [-0.25, -0.2) is 17.9 Å². The summed E-state index contributed by atoms with van der Waals surface area (Å²) < 4.78 is 36.6. The zero-order valence-electron chi connectivity index (χ0n) is 11.3. The maximum Gasteiger partial charge on any atom is 0.340 e. The maximum atomic E-state index is 12.2. The molecule has 0 aliphatic rings. The van der Waals surface area contributed by atoms with Crippen LogP contribution in [-0.4, -0.2) is 36.2 Å². The minimum atomic E-state index is -4.01. The van der Waals surface area contributed by atoms with Crippen LogP contribution >= 0.6 is 0 Å². The number of furan rings is 1. The maximum absolute atomic E-state index is 12.2. The van der Waals surface area contributed by atoms with Gasteiger partial charge >= 0.3 is 5.97 Å². The molecular weight excluding hydrogens is 302 g/mol. The fraction of sp³-hybridized carbons (Fsp3) is 0.364. The predicted molar refractivity (Wildman–Crippen MR) is 68.3 cm³/mol. The van der Waals surface area contributed by atoms with Crippen molar-refractivity contribution in [1.29, 1.82) is 0 Å². The number of carbonyl (C=O) groups is 1. The fourth-order valence-electron chi connectivity index (χ4n) is 1.90. The Kier molecular flexibility index (Phi) is 4.09. The van der Waals surface area contributed by atoms with Gasteiger partial charge in [-0.1, -0.05) is 5.16 Å². The van der Waals surface area contributed by atoms with Crippen LogP contribution in [0.25, 0.3) is 0 Å². The van der Waals surface area contributed by atoms with E-state index in [1.165, 1.54) is 20.2 Å². The van der Waals surface area contributed by atoms with Gasteiger partial charge in [0.1, 0.15) is 22.0 Å². The summed E-state index contributed by atoms with van der Waals surface area (Å²) in [7, 11) is -4.01. The molecular formula is C11H13N3O6S. The Morgan fingerprint density at radius 3 is 2.67 bits per heavy atom. The molecule has 2 rings (SSSR count). The lowest BCUT2D eigenvalue weighted by atomic mass is 10.2. The van der Waals surface area contributed by atoms with Gasteiger partial charge in [-0.15, -0.1) is 0 Å². The molecule has 9 nitrogen and oxygen atoms in total. The molecule has 0 spiro atoms. The highest BCUT2D eigenvalue weighted by Crippen LogP contribution is 2.26. The molecule has 0 radical (unpaired) electrons. The number of carboxylic acid groups (broad SMARTS) is 1. The van der Waals surface area contributed by atoms with Gasteiger partial charge in [-0.05, 0) is 13.8 Å². The first-order valence-electron chi connectivity index (χ1n) is 5.91. The molecule has 114 valence electrons. The van der Waals surface area contributed by atoms with Crippen molar-refractivity contribution in [1.82, 2.24) is 14.9 Å². The molecule has 0 unspecified atom stereocenters. The van der Waals surface area contributed by atoms with Gasteiger partial charge in [-0.2, -0.15) is 4.98 Å². The Morgan fingerprint density at radius 1 is 1.38 bits per heavy atom. The number of aryl methyl sites for hydroxylation is 2. The predicted octanol–water partition coefficient (Wildman–Crippen LogP) is 0.499. The SMILES string of the molecule is Cc1oc(C)c(S(=O)(=O)NCCc2ncno2)c1C(=O)O. The number of nitrogens with one attached hydrogen (secondary N) is 1. The lowest BCUT2D eigenvalue weighted by Crippen LogP contribution is -2.27. The van der Waals surface area contributed by atoms with Crippen LogP contribution in [-0.2, 0) is 16.4 Å². The van der Waals surface area contributed by atoms with Gasteiger partial charge in [0.05, 0.1) is 0 Å². The summed E-state index contributed by atoms with van der Waals surface area (Å²) in [5.74, 6) is -1.02. The van der Waals surface area contributed by atoms with E-state index in [2.05, 4.69) is 14.9 Å². The van der Waals surface area contributed by atoms with E-state index < -0.39 is 16.0 Å². The first-order valence-corrected chi connectivity index (χ1v) is 7.39. The van der Waals surface area contributed by atoms with Crippen LogP contribution in [0.2, 0.25) is 0 Å². The van der Waals surface area contributed by atoms with Crippen LogP contribution in [0.3, 0.4) is 0 Å². The van der Waals surface area contributed by atoms with E-state index in [4.69, 9.17) is 14.0 Å². The normalized spacial score (nSPS) is 11.7. The average Bonchev–Trinajstić information content (AvgIpc) is 2.96. The smallest absolute Gasteiger partial charge is 0.340 e. The first-order chi connectivity index (χ1) is 9.83. The van der Waals surface area contributed by atoms with Crippen LogP contribution in [0.15, 0.2) is 20.2 Å². The van der Waals surface area contributed by atoms with Crippen LogP contribution in [0, 0.1) is 13.8 Å². The quantitative estimate of drug-likeness (QED) is 0.786. The number of sulfonamides is 1. The summed E-state index contributed by atoms with van der Waals surface area (Å²) in [6.07, 6.45) is 1.40. The van der Waals surface area contributed by atoms with E-state index in [1.54, 1.807) is 0 Å². The topological polar surface area (TPSA) is 136 Å². The van der Waals surface area contributed by atoms with Crippen molar-refractivity contribution >= 4 is 16.0 Å². The Hall–Kier alpha value is -2.20. The second kappa shape index (κ2) is 5.66. The Labute approximate surface area is 120 Å². The average molecular weight is 315 g/mol. The molecule has 0 saturated heterocycles. The minimum Gasteiger partial charge on any atom is -0.478 e. The molecule has 0 amide bonds. The summed E-state index contributed by atoms with van der Waals surface area (Å²) in [6.45, 7) is 2.78. The molecule has 2 aromatic heterocycles. The Morgan fingerprint density at radius 2 is 2.10 bits per heavy atom. The minimum absolute atomic E-state index is 0.00669. The summed E-state index contributed by atoms with van der Waals surface area (Å²) in [4.78, 5) is 14.6. The summed E-state index contributed by atoms with van der Waals surface area (Å²) in [5.41, 5.74) is -0.363. The highest BCUT2D eigenvalue weighted by molar-refractivity contribution is 7.89. The fourth-order valence-corrected chi connectivity index (χ4v) is 3.34. The molecule has 2 aromatic rings. The summed E-state index contributed by atoms with van der Waals surface area (Å²) in [5, 5.41) is 12.5. The van der Waals surface area contributed by atoms with Crippen LogP contribution in [0.4, 0.5) is 0 Å². The van der Waals surface area contributed by atoms with E-state index in [0.717, 1.165) is 0 Å². The second-order valence-corrected chi connectivity index (χ2v) is 5.91.